The molecule has 0 saturated carbocycles. The van der Waals surface area contributed by atoms with Crippen LogP contribution in [0.15, 0.2) is 54.4 Å². The van der Waals surface area contributed by atoms with Gasteiger partial charge in [0.25, 0.3) is 0 Å². The van der Waals surface area contributed by atoms with Crippen molar-refractivity contribution >= 4 is 29.7 Å². The van der Waals surface area contributed by atoms with Gasteiger partial charge in [0, 0.05) is 31.2 Å². The van der Waals surface area contributed by atoms with Gasteiger partial charge in [-0.3, -0.25) is 0 Å². The maximum absolute atomic E-state index is 3.35. The molecule has 1 aromatic rings. The molecule has 0 aromatic heterocycles. The van der Waals surface area contributed by atoms with Crippen molar-refractivity contribution in [1.29, 1.82) is 0 Å². The molecule has 1 heterocycles. The highest BCUT2D eigenvalue weighted by Gasteiger charge is 1.99. The van der Waals surface area contributed by atoms with E-state index in [1.54, 1.807) is 0 Å². The molecule has 1 aliphatic rings. The molecule has 15 heavy (non-hydrogen) atoms. The Morgan fingerprint density at radius 1 is 1.20 bits per heavy atom. The highest BCUT2D eigenvalue weighted by molar-refractivity contribution is 14.0. The quantitative estimate of drug-likeness (QED) is 0.844. The van der Waals surface area contributed by atoms with Crippen molar-refractivity contribution in [3.8, 4) is 0 Å². The number of rotatable bonds is 2. The predicted molar refractivity (Wildman–Crippen MR) is 75.3 cm³/mol. The van der Waals surface area contributed by atoms with Gasteiger partial charge < -0.3 is 10.2 Å². The number of likely N-dealkylation sites (N-methyl/N-ethyl adjacent to an activating group) is 1. The Morgan fingerprint density at radius 3 is 2.53 bits per heavy atom. The van der Waals surface area contributed by atoms with Crippen LogP contribution in [-0.4, -0.2) is 18.5 Å². The molecule has 2 nitrogen and oxygen atoms in total. The van der Waals surface area contributed by atoms with Crippen LogP contribution in [0.5, 0.6) is 0 Å². The van der Waals surface area contributed by atoms with Crippen molar-refractivity contribution in [2.24, 2.45) is 0 Å². The molecule has 1 aromatic carbocycles. The molecular weight excluding hydrogens is 299 g/mol. The van der Waals surface area contributed by atoms with Crippen LogP contribution in [0.1, 0.15) is 0 Å². The van der Waals surface area contributed by atoms with E-state index < -0.39 is 0 Å². The number of benzene rings is 1. The maximum atomic E-state index is 3.35. The van der Waals surface area contributed by atoms with Gasteiger partial charge in [-0.1, -0.05) is 18.2 Å². The number of hydrogen-bond acceptors (Lipinski definition) is 2. The number of para-hydroxylation sites is 1. The van der Waals surface area contributed by atoms with E-state index >= 15 is 0 Å². The van der Waals surface area contributed by atoms with Crippen molar-refractivity contribution in [3.05, 3.63) is 54.4 Å². The topological polar surface area (TPSA) is 15.3 Å². The zero-order valence-corrected chi connectivity index (χ0v) is 11.0. The van der Waals surface area contributed by atoms with Gasteiger partial charge in [-0.05, 0) is 24.3 Å². The Kier molecular flexibility index (Phi) is 4.68. The van der Waals surface area contributed by atoms with Crippen molar-refractivity contribution in [2.75, 3.05) is 18.9 Å². The molecule has 1 N–H and O–H groups in total. The molecular formula is C12H15IN2. The lowest BCUT2D eigenvalue weighted by Gasteiger charge is -2.18. The predicted octanol–water partition coefficient (Wildman–Crippen LogP) is 3.06. The van der Waals surface area contributed by atoms with E-state index in [-0.39, 0.29) is 24.0 Å². The number of nitrogens with one attached hydrogen (secondary N) is 1. The number of halogens is 1. The third-order valence-corrected chi connectivity index (χ3v) is 2.17. The number of allylic oxidation sites excluding steroid dienone is 1. The Labute approximate surface area is 108 Å². The first kappa shape index (κ1) is 12.1. The monoisotopic (exact) mass is 314 g/mol. The zero-order valence-electron chi connectivity index (χ0n) is 8.68. The standard InChI is InChI=1S/C12H14N2.HI/c1-14-9-7-12(8-10-14)13-11-5-3-2-4-6-11;/h2-9,13H,10H2,1H3;1H. The van der Waals surface area contributed by atoms with E-state index in [4.69, 9.17) is 0 Å². The third kappa shape index (κ3) is 3.58. The molecule has 0 saturated heterocycles. The Bertz CT molecular complexity index is 357. The van der Waals surface area contributed by atoms with Gasteiger partial charge in [-0.15, -0.1) is 24.0 Å². The lowest BCUT2D eigenvalue weighted by atomic mass is 10.2. The fourth-order valence-corrected chi connectivity index (χ4v) is 1.36. The van der Waals surface area contributed by atoms with E-state index in [0.717, 1.165) is 17.9 Å². The summed E-state index contributed by atoms with van der Waals surface area (Å²) < 4.78 is 0. The summed E-state index contributed by atoms with van der Waals surface area (Å²) in [6.45, 7) is 0.964. The summed E-state index contributed by atoms with van der Waals surface area (Å²) in [5.41, 5.74) is 2.29. The van der Waals surface area contributed by atoms with Crippen molar-refractivity contribution in [1.82, 2.24) is 4.90 Å². The summed E-state index contributed by atoms with van der Waals surface area (Å²) in [4.78, 5) is 2.14. The Morgan fingerprint density at radius 2 is 1.93 bits per heavy atom. The minimum absolute atomic E-state index is 0. The van der Waals surface area contributed by atoms with E-state index in [1.165, 1.54) is 0 Å². The van der Waals surface area contributed by atoms with Gasteiger partial charge in [-0.2, -0.15) is 0 Å². The lowest BCUT2D eigenvalue weighted by molar-refractivity contribution is 0.502. The van der Waals surface area contributed by atoms with Gasteiger partial charge in [0.05, 0.1) is 0 Å². The van der Waals surface area contributed by atoms with Crippen LogP contribution >= 0.6 is 24.0 Å². The maximum Gasteiger partial charge on any atom is 0.0384 e. The molecule has 0 aliphatic carbocycles. The van der Waals surface area contributed by atoms with Gasteiger partial charge in [-0.25, -0.2) is 0 Å². The second-order valence-corrected chi connectivity index (χ2v) is 3.41. The van der Waals surface area contributed by atoms with Crippen LogP contribution in [0.3, 0.4) is 0 Å². The Balaban J connectivity index is 0.00000112. The SMILES string of the molecule is CN1C=CC(Nc2ccccc2)=CC1.I. The minimum Gasteiger partial charge on any atom is -0.377 e. The first-order valence-corrected chi connectivity index (χ1v) is 4.75. The van der Waals surface area contributed by atoms with Crippen molar-refractivity contribution in [2.45, 2.75) is 0 Å². The second-order valence-electron chi connectivity index (χ2n) is 3.41. The fraction of sp³-hybridized carbons (Fsp3) is 0.167. The van der Waals surface area contributed by atoms with Gasteiger partial charge in [0.1, 0.15) is 0 Å². The number of anilines is 1. The van der Waals surface area contributed by atoms with Gasteiger partial charge >= 0.3 is 0 Å². The van der Waals surface area contributed by atoms with E-state index in [2.05, 4.69) is 47.7 Å². The molecule has 0 amide bonds. The average Bonchev–Trinajstić information content (AvgIpc) is 2.23. The largest absolute Gasteiger partial charge is 0.377 e. The number of nitrogens with zero attached hydrogens (tertiary/aromatic N) is 1. The highest BCUT2D eigenvalue weighted by Crippen LogP contribution is 2.12. The van der Waals surface area contributed by atoms with Crippen LogP contribution in [0, 0.1) is 0 Å². The molecule has 2 rings (SSSR count). The molecule has 0 radical (unpaired) electrons. The molecule has 0 unspecified atom stereocenters. The summed E-state index contributed by atoms with van der Waals surface area (Å²) in [5, 5.41) is 3.35. The molecule has 1 aliphatic heterocycles. The van der Waals surface area contributed by atoms with Crippen LogP contribution in [0.2, 0.25) is 0 Å². The minimum atomic E-state index is 0. The molecule has 0 atom stereocenters. The molecule has 0 bridgehead atoms. The summed E-state index contributed by atoms with van der Waals surface area (Å²) in [6.07, 6.45) is 6.33. The summed E-state index contributed by atoms with van der Waals surface area (Å²) in [6, 6.07) is 10.2. The van der Waals surface area contributed by atoms with E-state index in [9.17, 15) is 0 Å². The summed E-state index contributed by atoms with van der Waals surface area (Å²) in [7, 11) is 2.06. The highest BCUT2D eigenvalue weighted by atomic mass is 127. The van der Waals surface area contributed by atoms with Crippen LogP contribution in [0.25, 0.3) is 0 Å². The first-order valence-electron chi connectivity index (χ1n) is 4.75. The molecule has 0 spiro atoms. The Hall–Kier alpha value is -0.970. The van der Waals surface area contributed by atoms with Crippen LogP contribution in [0.4, 0.5) is 5.69 Å². The van der Waals surface area contributed by atoms with Crippen LogP contribution in [-0.2, 0) is 0 Å². The fourth-order valence-electron chi connectivity index (χ4n) is 1.36. The van der Waals surface area contributed by atoms with E-state index in [0.29, 0.717) is 0 Å². The van der Waals surface area contributed by atoms with E-state index in [1.807, 2.05) is 18.2 Å². The molecule has 80 valence electrons. The van der Waals surface area contributed by atoms with Crippen molar-refractivity contribution < 1.29 is 0 Å². The summed E-state index contributed by atoms with van der Waals surface area (Å²) in [5.74, 6) is 0. The normalized spacial score (nSPS) is 14.2. The first-order chi connectivity index (χ1) is 6.84. The zero-order chi connectivity index (χ0) is 9.80. The number of hydrogen-bond donors (Lipinski definition) is 1. The second kappa shape index (κ2) is 5.80. The average molecular weight is 314 g/mol. The summed E-state index contributed by atoms with van der Waals surface area (Å²) >= 11 is 0. The third-order valence-electron chi connectivity index (χ3n) is 2.17. The molecule has 0 fully saturated rings. The van der Waals surface area contributed by atoms with Gasteiger partial charge in [0.15, 0.2) is 0 Å². The van der Waals surface area contributed by atoms with Crippen molar-refractivity contribution in [3.63, 3.8) is 0 Å². The van der Waals surface area contributed by atoms with Gasteiger partial charge in [0.2, 0.25) is 0 Å². The lowest BCUT2D eigenvalue weighted by Crippen LogP contribution is -2.15. The van der Waals surface area contributed by atoms with Crippen LogP contribution < -0.4 is 5.32 Å². The molecule has 3 heteroatoms. The smallest absolute Gasteiger partial charge is 0.0384 e.